The molecule has 0 aliphatic heterocycles. The minimum absolute atomic E-state index is 0. The van der Waals surface area contributed by atoms with Crippen molar-refractivity contribution in [1.82, 2.24) is 0 Å². The van der Waals surface area contributed by atoms with Gasteiger partial charge in [-0.25, -0.2) is 4.79 Å². The van der Waals surface area contributed by atoms with Crippen molar-refractivity contribution in [2.24, 2.45) is 0 Å². The largest absolute Gasteiger partial charge is 0.478 e. The molecule has 12 heavy (non-hydrogen) atoms. The summed E-state index contributed by atoms with van der Waals surface area (Å²) in [6, 6.07) is 8.30. The fraction of sp³-hybridized carbons (Fsp3) is 0. The van der Waals surface area contributed by atoms with E-state index in [-0.39, 0.29) is 33.3 Å². The van der Waals surface area contributed by atoms with Gasteiger partial charge in [-0.2, -0.15) is 0 Å². The predicted molar refractivity (Wildman–Crippen MR) is 40.6 cm³/mol. The molecule has 0 amide bonds. The first-order chi connectivity index (χ1) is 4.30. The number of hydrogen-bond acceptors (Lipinski definition) is 1. The number of benzene rings is 1. The van der Waals surface area contributed by atoms with Crippen LogP contribution in [0.5, 0.6) is 0 Å². The molecule has 0 aliphatic rings. The molecule has 0 heterocycles. The van der Waals surface area contributed by atoms with Crippen molar-refractivity contribution < 1.29 is 43.2 Å². The molecule has 0 aromatic heterocycles. The van der Waals surface area contributed by atoms with Crippen molar-refractivity contribution in [3.05, 3.63) is 35.9 Å². The standard InChI is InChI=1S/C7H6O2.Ag.2H2O/c8-7(9)6-4-2-1-3-5-6;;;/h1-5H,(H,8,9);;2*1H2. The van der Waals surface area contributed by atoms with Crippen LogP contribution < -0.4 is 0 Å². The second kappa shape index (κ2) is 8.45. The molecule has 0 spiro atoms. The first kappa shape index (κ1) is 17.4. The van der Waals surface area contributed by atoms with Crippen LogP contribution in [0.25, 0.3) is 0 Å². The van der Waals surface area contributed by atoms with Gasteiger partial charge < -0.3 is 16.1 Å². The zero-order valence-corrected chi connectivity index (χ0v) is 7.53. The SMILES string of the molecule is O.O.O=C(O)c1ccccc1.[Ag]. The van der Waals surface area contributed by atoms with Crippen LogP contribution in [0.2, 0.25) is 0 Å². The molecule has 0 saturated carbocycles. The predicted octanol–water partition coefficient (Wildman–Crippen LogP) is -0.267. The molecule has 1 radical (unpaired) electrons. The number of aromatic carboxylic acids is 1. The molecule has 4 nitrogen and oxygen atoms in total. The van der Waals surface area contributed by atoms with E-state index in [1.807, 2.05) is 0 Å². The molecule has 1 aromatic rings. The Labute approximate surface area is 85.3 Å². The average Bonchev–Trinajstić information content (AvgIpc) is 1.90. The van der Waals surface area contributed by atoms with Crippen LogP contribution in [-0.4, -0.2) is 22.0 Å². The van der Waals surface area contributed by atoms with Crippen molar-refractivity contribution in [3.63, 3.8) is 0 Å². The Morgan fingerprint density at radius 3 is 1.75 bits per heavy atom. The van der Waals surface area contributed by atoms with Gasteiger partial charge >= 0.3 is 5.97 Å². The third kappa shape index (κ3) is 5.06. The molecule has 0 aliphatic carbocycles. The smallest absolute Gasteiger partial charge is 0.335 e. The molecule has 5 N–H and O–H groups in total. The summed E-state index contributed by atoms with van der Waals surface area (Å²) in [5, 5.41) is 8.38. The van der Waals surface area contributed by atoms with Gasteiger partial charge in [0.1, 0.15) is 0 Å². The number of rotatable bonds is 1. The summed E-state index contributed by atoms with van der Waals surface area (Å²) in [4.78, 5) is 10.2. The summed E-state index contributed by atoms with van der Waals surface area (Å²) in [5.74, 6) is -0.879. The number of carboxylic acids is 1. The number of hydrogen-bond donors (Lipinski definition) is 1. The first-order valence-corrected chi connectivity index (χ1v) is 2.59. The molecule has 5 heteroatoms. The van der Waals surface area contributed by atoms with E-state index in [1.54, 1.807) is 30.3 Å². The molecule has 73 valence electrons. The van der Waals surface area contributed by atoms with Gasteiger partial charge in [0.2, 0.25) is 0 Å². The molecule has 1 rings (SSSR count). The van der Waals surface area contributed by atoms with E-state index in [0.29, 0.717) is 5.56 Å². The Morgan fingerprint density at radius 2 is 1.50 bits per heavy atom. The average molecular weight is 266 g/mol. The Bertz CT molecular complexity index is 212. The van der Waals surface area contributed by atoms with Gasteiger partial charge in [-0.3, -0.25) is 0 Å². The fourth-order valence-corrected chi connectivity index (χ4v) is 0.581. The van der Waals surface area contributed by atoms with E-state index in [1.165, 1.54) is 0 Å². The minimum Gasteiger partial charge on any atom is -0.478 e. The van der Waals surface area contributed by atoms with E-state index in [4.69, 9.17) is 5.11 Å². The summed E-state index contributed by atoms with van der Waals surface area (Å²) in [7, 11) is 0. The molecular weight excluding hydrogens is 256 g/mol. The Morgan fingerprint density at radius 1 is 1.08 bits per heavy atom. The second-order valence-electron chi connectivity index (χ2n) is 1.67. The van der Waals surface area contributed by atoms with Gasteiger partial charge in [-0.1, -0.05) is 18.2 Å². The third-order valence-electron chi connectivity index (χ3n) is 1.02. The zero-order chi connectivity index (χ0) is 6.69. The van der Waals surface area contributed by atoms with E-state index < -0.39 is 5.97 Å². The van der Waals surface area contributed by atoms with Crippen molar-refractivity contribution >= 4 is 5.97 Å². The first-order valence-electron chi connectivity index (χ1n) is 2.59. The van der Waals surface area contributed by atoms with Crippen molar-refractivity contribution in [3.8, 4) is 0 Å². The monoisotopic (exact) mass is 265 g/mol. The number of carbonyl (C=O) groups is 1. The summed E-state index contributed by atoms with van der Waals surface area (Å²) >= 11 is 0. The van der Waals surface area contributed by atoms with Crippen LogP contribution in [0.1, 0.15) is 10.4 Å². The van der Waals surface area contributed by atoms with Crippen LogP contribution in [-0.2, 0) is 22.4 Å². The van der Waals surface area contributed by atoms with Gasteiger partial charge in [0.25, 0.3) is 0 Å². The van der Waals surface area contributed by atoms with Gasteiger partial charge in [-0.15, -0.1) is 0 Å². The maximum Gasteiger partial charge on any atom is 0.335 e. The van der Waals surface area contributed by atoms with E-state index in [0.717, 1.165) is 0 Å². The molecule has 0 unspecified atom stereocenters. The van der Waals surface area contributed by atoms with Crippen LogP contribution in [0.4, 0.5) is 0 Å². The van der Waals surface area contributed by atoms with Crippen LogP contribution in [0.3, 0.4) is 0 Å². The Kier molecular flexibility index (Phi) is 12.3. The fourth-order valence-electron chi connectivity index (χ4n) is 0.581. The maximum atomic E-state index is 10.2. The zero-order valence-electron chi connectivity index (χ0n) is 6.04. The van der Waals surface area contributed by atoms with Gasteiger partial charge in [0, 0.05) is 22.4 Å². The minimum atomic E-state index is -0.879. The topological polar surface area (TPSA) is 100 Å². The third-order valence-corrected chi connectivity index (χ3v) is 1.02. The van der Waals surface area contributed by atoms with Gasteiger partial charge in [-0.05, 0) is 12.1 Å². The van der Waals surface area contributed by atoms with Crippen LogP contribution in [0.15, 0.2) is 30.3 Å². The second-order valence-corrected chi connectivity index (χ2v) is 1.67. The number of carboxylic acid groups (broad SMARTS) is 1. The summed E-state index contributed by atoms with van der Waals surface area (Å²) in [6.45, 7) is 0. The Balaban J connectivity index is -0.000000270. The normalized spacial score (nSPS) is 6.67. The quantitative estimate of drug-likeness (QED) is 0.707. The van der Waals surface area contributed by atoms with Crippen LogP contribution >= 0.6 is 0 Å². The van der Waals surface area contributed by atoms with E-state index in [9.17, 15) is 4.79 Å². The van der Waals surface area contributed by atoms with Crippen molar-refractivity contribution in [2.45, 2.75) is 0 Å². The molecule has 1 aromatic carbocycles. The van der Waals surface area contributed by atoms with E-state index >= 15 is 0 Å². The van der Waals surface area contributed by atoms with Gasteiger partial charge in [0.15, 0.2) is 0 Å². The van der Waals surface area contributed by atoms with Crippen molar-refractivity contribution in [1.29, 1.82) is 0 Å². The molecule has 0 atom stereocenters. The summed E-state index contributed by atoms with van der Waals surface area (Å²) in [6.07, 6.45) is 0. The van der Waals surface area contributed by atoms with Crippen LogP contribution in [0, 0.1) is 0 Å². The molecular formula is C7H10AgO4. The maximum absolute atomic E-state index is 10.2. The summed E-state index contributed by atoms with van der Waals surface area (Å²) < 4.78 is 0. The van der Waals surface area contributed by atoms with Gasteiger partial charge in [0.05, 0.1) is 5.56 Å². The molecule has 0 fully saturated rings. The Hall–Kier alpha value is -0.650. The van der Waals surface area contributed by atoms with E-state index in [2.05, 4.69) is 0 Å². The summed E-state index contributed by atoms with van der Waals surface area (Å²) in [5.41, 5.74) is 0.331. The molecule has 0 saturated heterocycles. The van der Waals surface area contributed by atoms with Crippen molar-refractivity contribution in [2.75, 3.05) is 0 Å². The molecule has 0 bridgehead atoms.